The van der Waals surface area contributed by atoms with Crippen molar-refractivity contribution >= 4 is 37.5 Å². The summed E-state index contributed by atoms with van der Waals surface area (Å²) in [6.07, 6.45) is 0. The number of aryl methyl sites for hydroxylation is 1. The molecule has 3 nitrogen and oxygen atoms in total. The van der Waals surface area contributed by atoms with Crippen LogP contribution < -0.4 is 5.56 Å². The third-order valence-electron chi connectivity index (χ3n) is 2.13. The number of hydrogen-bond donors (Lipinski definition) is 0. The van der Waals surface area contributed by atoms with Gasteiger partial charge in [0.05, 0.1) is 11.0 Å². The summed E-state index contributed by atoms with van der Waals surface area (Å²) in [6.45, 7) is 1.23. The summed E-state index contributed by atoms with van der Waals surface area (Å²) in [5.74, 6) is 0.546. The van der Waals surface area contributed by atoms with Crippen LogP contribution in [-0.4, -0.2) is 16.2 Å². The van der Waals surface area contributed by atoms with Gasteiger partial charge < -0.3 is 0 Å². The van der Waals surface area contributed by atoms with Gasteiger partial charge in [-0.25, -0.2) is 9.37 Å². The van der Waals surface area contributed by atoms with Gasteiger partial charge in [0.25, 0.3) is 5.56 Å². The molecule has 0 amide bonds. The summed E-state index contributed by atoms with van der Waals surface area (Å²) in [6, 6.07) is 0. The molecule has 0 bridgehead atoms. The van der Waals surface area contributed by atoms with Gasteiger partial charge in [0.15, 0.2) is 0 Å². The molecule has 0 N–H and O–H groups in total. The Bertz CT molecular complexity index is 563. The molecule has 2 heterocycles. The number of thiophene rings is 1. The van der Waals surface area contributed by atoms with Crippen LogP contribution in [0, 0.1) is 6.92 Å². The second-order valence-electron chi connectivity index (χ2n) is 3.07. The molecule has 0 radical (unpaired) electrons. The van der Waals surface area contributed by atoms with Gasteiger partial charge in [-0.2, -0.15) is 0 Å². The SMILES string of the molecule is Cc1nc2c(Br)csc2c(=O)n1CCF. The lowest BCUT2D eigenvalue weighted by molar-refractivity contribution is 0.435. The molecule has 0 atom stereocenters. The summed E-state index contributed by atoms with van der Waals surface area (Å²) in [5, 5.41) is 1.82. The van der Waals surface area contributed by atoms with Crippen molar-refractivity contribution in [3.05, 3.63) is 26.0 Å². The minimum Gasteiger partial charge on any atom is -0.293 e. The first-order chi connectivity index (χ1) is 7.15. The fourth-order valence-corrected chi connectivity index (χ4v) is 2.94. The molecule has 2 aromatic rings. The first kappa shape index (κ1) is 10.8. The van der Waals surface area contributed by atoms with Crippen LogP contribution in [0.25, 0.3) is 10.2 Å². The zero-order chi connectivity index (χ0) is 11.0. The number of rotatable bonds is 2. The molecule has 6 heteroatoms. The molecule has 0 aliphatic heterocycles. The predicted molar refractivity (Wildman–Crippen MR) is 62.3 cm³/mol. The quantitative estimate of drug-likeness (QED) is 0.852. The van der Waals surface area contributed by atoms with E-state index >= 15 is 0 Å². The number of aromatic nitrogens is 2. The number of nitrogens with zero attached hydrogens (tertiary/aromatic N) is 2. The fraction of sp³-hybridized carbons (Fsp3) is 0.333. The molecule has 15 heavy (non-hydrogen) atoms. The lowest BCUT2D eigenvalue weighted by Crippen LogP contribution is -2.23. The first-order valence-corrected chi connectivity index (χ1v) is 6.02. The highest BCUT2D eigenvalue weighted by molar-refractivity contribution is 9.10. The lowest BCUT2D eigenvalue weighted by Gasteiger charge is -2.06. The Hall–Kier alpha value is -0.750. The molecule has 0 spiro atoms. The Labute approximate surface area is 97.7 Å². The molecule has 0 saturated carbocycles. The second kappa shape index (κ2) is 4.02. The van der Waals surface area contributed by atoms with Gasteiger partial charge >= 0.3 is 0 Å². The fourth-order valence-electron chi connectivity index (χ4n) is 1.43. The van der Waals surface area contributed by atoms with E-state index < -0.39 is 6.67 Å². The number of fused-ring (bicyclic) bond motifs is 1. The van der Waals surface area contributed by atoms with Crippen LogP contribution in [0.1, 0.15) is 5.82 Å². The van der Waals surface area contributed by atoms with Gasteiger partial charge in [-0.1, -0.05) is 0 Å². The monoisotopic (exact) mass is 290 g/mol. The van der Waals surface area contributed by atoms with Crippen LogP contribution in [0.5, 0.6) is 0 Å². The summed E-state index contributed by atoms with van der Waals surface area (Å²) in [7, 11) is 0. The second-order valence-corrected chi connectivity index (χ2v) is 4.80. The molecule has 0 saturated heterocycles. The predicted octanol–water partition coefficient (Wildman–Crippen LogP) is 2.50. The lowest BCUT2D eigenvalue weighted by atomic mass is 10.4. The van der Waals surface area contributed by atoms with E-state index in [1.165, 1.54) is 15.9 Å². The van der Waals surface area contributed by atoms with Crippen molar-refractivity contribution in [2.24, 2.45) is 0 Å². The number of alkyl halides is 1. The van der Waals surface area contributed by atoms with Crippen LogP contribution >= 0.6 is 27.3 Å². The van der Waals surface area contributed by atoms with E-state index in [1.807, 2.05) is 5.38 Å². The summed E-state index contributed by atoms with van der Waals surface area (Å²) >= 11 is 4.65. The maximum absolute atomic E-state index is 12.3. The molecule has 2 rings (SSSR count). The van der Waals surface area contributed by atoms with E-state index in [2.05, 4.69) is 20.9 Å². The molecular formula is C9H8BrFN2OS. The van der Waals surface area contributed by atoms with Crippen molar-refractivity contribution in [3.63, 3.8) is 0 Å². The molecule has 0 fully saturated rings. The van der Waals surface area contributed by atoms with Crippen LogP contribution in [-0.2, 0) is 6.54 Å². The van der Waals surface area contributed by atoms with E-state index in [-0.39, 0.29) is 12.1 Å². The van der Waals surface area contributed by atoms with Gasteiger partial charge in [-0.05, 0) is 22.9 Å². The van der Waals surface area contributed by atoms with Crippen molar-refractivity contribution in [2.45, 2.75) is 13.5 Å². The van der Waals surface area contributed by atoms with Gasteiger partial charge in [0.1, 0.15) is 22.7 Å². The summed E-state index contributed by atoms with van der Waals surface area (Å²) < 4.78 is 15.0. The Morgan fingerprint density at radius 3 is 3.07 bits per heavy atom. The Kier molecular flexibility index (Phi) is 2.88. The molecule has 80 valence electrons. The third kappa shape index (κ3) is 1.72. The molecule has 0 unspecified atom stereocenters. The average Bonchev–Trinajstić information content (AvgIpc) is 2.55. The zero-order valence-electron chi connectivity index (χ0n) is 7.96. The highest BCUT2D eigenvalue weighted by Gasteiger charge is 2.11. The minimum atomic E-state index is -0.555. The van der Waals surface area contributed by atoms with Gasteiger partial charge in [-0.15, -0.1) is 11.3 Å². The molecular weight excluding hydrogens is 283 g/mol. The minimum absolute atomic E-state index is 0.0725. The van der Waals surface area contributed by atoms with Crippen LogP contribution in [0.3, 0.4) is 0 Å². The van der Waals surface area contributed by atoms with Crippen LogP contribution in [0.15, 0.2) is 14.6 Å². The van der Waals surface area contributed by atoms with E-state index in [0.29, 0.717) is 16.0 Å². The third-order valence-corrected chi connectivity index (χ3v) is 4.00. The van der Waals surface area contributed by atoms with Crippen molar-refractivity contribution in [1.82, 2.24) is 9.55 Å². The molecule has 0 aliphatic carbocycles. The molecule has 0 aromatic carbocycles. The van der Waals surface area contributed by atoms with Crippen LogP contribution in [0.2, 0.25) is 0 Å². The van der Waals surface area contributed by atoms with Crippen molar-refractivity contribution in [2.75, 3.05) is 6.67 Å². The standard InChI is InChI=1S/C9H8BrFN2OS/c1-5-12-7-6(10)4-15-8(7)9(14)13(5)3-2-11/h4H,2-3H2,1H3. The highest BCUT2D eigenvalue weighted by atomic mass is 79.9. The smallest absolute Gasteiger partial charge is 0.271 e. The Morgan fingerprint density at radius 1 is 1.67 bits per heavy atom. The highest BCUT2D eigenvalue weighted by Crippen LogP contribution is 2.26. The van der Waals surface area contributed by atoms with Crippen molar-refractivity contribution in [1.29, 1.82) is 0 Å². The zero-order valence-corrected chi connectivity index (χ0v) is 10.4. The van der Waals surface area contributed by atoms with Gasteiger partial charge in [0, 0.05) is 5.38 Å². The van der Waals surface area contributed by atoms with E-state index in [4.69, 9.17) is 0 Å². The Balaban J connectivity index is 2.79. The van der Waals surface area contributed by atoms with Crippen LogP contribution in [0.4, 0.5) is 4.39 Å². The van der Waals surface area contributed by atoms with E-state index in [1.54, 1.807) is 6.92 Å². The summed E-state index contributed by atoms with van der Waals surface area (Å²) in [5.41, 5.74) is 0.503. The Morgan fingerprint density at radius 2 is 2.40 bits per heavy atom. The largest absolute Gasteiger partial charge is 0.293 e. The maximum Gasteiger partial charge on any atom is 0.271 e. The molecule has 2 aromatic heterocycles. The van der Waals surface area contributed by atoms with Crippen molar-refractivity contribution < 1.29 is 4.39 Å². The van der Waals surface area contributed by atoms with Crippen molar-refractivity contribution in [3.8, 4) is 0 Å². The van der Waals surface area contributed by atoms with Gasteiger partial charge in [0.2, 0.25) is 0 Å². The topological polar surface area (TPSA) is 34.9 Å². The average molecular weight is 291 g/mol. The van der Waals surface area contributed by atoms with Gasteiger partial charge in [-0.3, -0.25) is 9.36 Å². The number of hydrogen-bond acceptors (Lipinski definition) is 3. The van der Waals surface area contributed by atoms with E-state index in [9.17, 15) is 9.18 Å². The molecule has 0 aliphatic rings. The maximum atomic E-state index is 12.3. The normalized spacial score (nSPS) is 11.1. The first-order valence-electron chi connectivity index (χ1n) is 4.35. The number of halogens is 2. The van der Waals surface area contributed by atoms with E-state index in [0.717, 1.165) is 4.47 Å². The summed E-state index contributed by atoms with van der Waals surface area (Å²) in [4.78, 5) is 16.2.